The maximum Gasteiger partial charge on any atom is 0.222 e. The Balaban J connectivity index is 3.86. The van der Waals surface area contributed by atoms with Gasteiger partial charge in [-0.3, -0.25) is 4.79 Å². The second kappa shape index (κ2) is 12.0. The lowest BCUT2D eigenvalue weighted by Gasteiger charge is -2.23. The van der Waals surface area contributed by atoms with Crippen LogP contribution in [-0.2, 0) is 4.79 Å². The molecule has 19 heavy (non-hydrogen) atoms. The standard InChI is InChI=1S/C16H30N2O/c1-4-5-6-7-8-9-11-16(19)18(13-10-12-17)14-15(2)3/h15H,4-11,13-14H2,1-3H3. The van der Waals surface area contributed by atoms with Crippen molar-refractivity contribution in [1.82, 2.24) is 4.90 Å². The summed E-state index contributed by atoms with van der Waals surface area (Å²) in [6, 6.07) is 2.12. The molecule has 0 spiro atoms. The molecule has 0 bridgehead atoms. The summed E-state index contributed by atoms with van der Waals surface area (Å²) in [5.41, 5.74) is 0. The molecule has 0 unspecified atom stereocenters. The van der Waals surface area contributed by atoms with E-state index in [0.717, 1.165) is 19.4 Å². The van der Waals surface area contributed by atoms with Gasteiger partial charge in [0.15, 0.2) is 0 Å². The van der Waals surface area contributed by atoms with E-state index in [1.54, 1.807) is 0 Å². The van der Waals surface area contributed by atoms with E-state index in [4.69, 9.17) is 5.26 Å². The molecule has 1 amide bonds. The van der Waals surface area contributed by atoms with Gasteiger partial charge in [0.25, 0.3) is 0 Å². The van der Waals surface area contributed by atoms with E-state index in [2.05, 4.69) is 26.8 Å². The fraction of sp³-hybridized carbons (Fsp3) is 0.875. The fourth-order valence-corrected chi connectivity index (χ4v) is 2.16. The minimum absolute atomic E-state index is 0.222. The summed E-state index contributed by atoms with van der Waals surface area (Å²) in [4.78, 5) is 14.0. The van der Waals surface area contributed by atoms with Gasteiger partial charge < -0.3 is 4.90 Å². The first-order valence-corrected chi connectivity index (χ1v) is 7.76. The average Bonchev–Trinajstić information content (AvgIpc) is 2.37. The van der Waals surface area contributed by atoms with Gasteiger partial charge in [-0.15, -0.1) is 0 Å². The summed E-state index contributed by atoms with van der Waals surface area (Å²) in [7, 11) is 0. The summed E-state index contributed by atoms with van der Waals surface area (Å²) in [6.45, 7) is 7.79. The van der Waals surface area contributed by atoms with Crippen molar-refractivity contribution >= 4 is 5.91 Å². The predicted octanol–water partition coefficient (Wildman–Crippen LogP) is 4.14. The topological polar surface area (TPSA) is 44.1 Å². The Kier molecular flexibility index (Phi) is 11.4. The third kappa shape index (κ3) is 10.6. The number of rotatable bonds is 11. The van der Waals surface area contributed by atoms with E-state index in [1.807, 2.05) is 4.90 Å². The molecular formula is C16H30N2O. The minimum atomic E-state index is 0.222. The maximum atomic E-state index is 12.1. The van der Waals surface area contributed by atoms with Gasteiger partial charge >= 0.3 is 0 Å². The van der Waals surface area contributed by atoms with Crippen molar-refractivity contribution in [3.8, 4) is 6.07 Å². The summed E-state index contributed by atoms with van der Waals surface area (Å²) < 4.78 is 0. The third-order valence-corrected chi connectivity index (χ3v) is 3.18. The molecular weight excluding hydrogens is 236 g/mol. The Labute approximate surface area is 119 Å². The maximum absolute atomic E-state index is 12.1. The molecule has 3 nitrogen and oxygen atoms in total. The summed E-state index contributed by atoms with van der Waals surface area (Å²) >= 11 is 0. The molecule has 0 aliphatic carbocycles. The highest BCUT2D eigenvalue weighted by atomic mass is 16.2. The number of hydrogen-bond acceptors (Lipinski definition) is 2. The van der Waals surface area contributed by atoms with Crippen LogP contribution in [0.25, 0.3) is 0 Å². The molecule has 0 N–H and O–H groups in total. The number of nitriles is 1. The molecule has 0 saturated heterocycles. The second-order valence-corrected chi connectivity index (χ2v) is 5.66. The van der Waals surface area contributed by atoms with Gasteiger partial charge in [0.05, 0.1) is 12.5 Å². The molecule has 0 rings (SSSR count). The minimum Gasteiger partial charge on any atom is -0.341 e. The zero-order valence-electron chi connectivity index (χ0n) is 13.0. The average molecular weight is 266 g/mol. The molecule has 0 aromatic carbocycles. The summed E-state index contributed by atoms with van der Waals surface area (Å²) in [6.07, 6.45) is 8.31. The van der Waals surface area contributed by atoms with E-state index in [1.165, 1.54) is 25.7 Å². The Morgan fingerprint density at radius 3 is 2.37 bits per heavy atom. The first kappa shape index (κ1) is 18.0. The van der Waals surface area contributed by atoms with Crippen LogP contribution in [0, 0.1) is 17.2 Å². The van der Waals surface area contributed by atoms with E-state index in [9.17, 15) is 4.79 Å². The van der Waals surface area contributed by atoms with Crippen LogP contribution in [0.3, 0.4) is 0 Å². The molecule has 0 radical (unpaired) electrons. The van der Waals surface area contributed by atoms with Crippen molar-refractivity contribution in [2.45, 2.75) is 72.1 Å². The number of amides is 1. The molecule has 3 heteroatoms. The van der Waals surface area contributed by atoms with E-state index >= 15 is 0 Å². The third-order valence-electron chi connectivity index (χ3n) is 3.18. The lowest BCUT2D eigenvalue weighted by atomic mass is 10.1. The number of carbonyl (C=O) groups excluding carboxylic acids is 1. The number of nitrogens with zero attached hydrogens (tertiary/aromatic N) is 2. The first-order chi connectivity index (χ1) is 9.11. The molecule has 0 aliphatic heterocycles. The highest BCUT2D eigenvalue weighted by Crippen LogP contribution is 2.10. The number of hydrogen-bond donors (Lipinski definition) is 0. The Morgan fingerprint density at radius 2 is 1.79 bits per heavy atom. The van der Waals surface area contributed by atoms with Crippen LogP contribution >= 0.6 is 0 Å². The van der Waals surface area contributed by atoms with Crippen LogP contribution in [0.15, 0.2) is 0 Å². The SMILES string of the molecule is CCCCCCCCC(=O)N(CCC#N)CC(C)C. The summed E-state index contributed by atoms with van der Waals surface area (Å²) in [5.74, 6) is 0.687. The van der Waals surface area contributed by atoms with Gasteiger partial charge in [0.2, 0.25) is 5.91 Å². The summed E-state index contributed by atoms with van der Waals surface area (Å²) in [5, 5.41) is 8.64. The first-order valence-electron chi connectivity index (χ1n) is 7.76. The predicted molar refractivity (Wildman–Crippen MR) is 79.6 cm³/mol. The molecule has 0 atom stereocenters. The molecule has 0 fully saturated rings. The van der Waals surface area contributed by atoms with Crippen LogP contribution in [0.5, 0.6) is 0 Å². The smallest absolute Gasteiger partial charge is 0.222 e. The number of unbranched alkanes of at least 4 members (excludes halogenated alkanes) is 5. The monoisotopic (exact) mass is 266 g/mol. The zero-order chi connectivity index (χ0) is 14.5. The lowest BCUT2D eigenvalue weighted by Crippen LogP contribution is -2.34. The van der Waals surface area contributed by atoms with Gasteiger partial charge in [-0.1, -0.05) is 52.9 Å². The van der Waals surface area contributed by atoms with E-state index < -0.39 is 0 Å². The van der Waals surface area contributed by atoms with Crippen molar-refractivity contribution in [2.24, 2.45) is 5.92 Å². The van der Waals surface area contributed by atoms with Crippen LogP contribution in [0.1, 0.15) is 72.1 Å². The van der Waals surface area contributed by atoms with Crippen molar-refractivity contribution < 1.29 is 4.79 Å². The highest BCUT2D eigenvalue weighted by molar-refractivity contribution is 5.76. The van der Waals surface area contributed by atoms with Gasteiger partial charge in [0.1, 0.15) is 0 Å². The molecule has 110 valence electrons. The van der Waals surface area contributed by atoms with Crippen molar-refractivity contribution in [2.75, 3.05) is 13.1 Å². The van der Waals surface area contributed by atoms with E-state index in [-0.39, 0.29) is 5.91 Å². The van der Waals surface area contributed by atoms with Crippen molar-refractivity contribution in [1.29, 1.82) is 5.26 Å². The lowest BCUT2D eigenvalue weighted by molar-refractivity contribution is -0.131. The highest BCUT2D eigenvalue weighted by Gasteiger charge is 2.13. The van der Waals surface area contributed by atoms with E-state index in [0.29, 0.717) is 25.3 Å². The number of carbonyl (C=O) groups is 1. The van der Waals surface area contributed by atoms with Gasteiger partial charge in [0, 0.05) is 19.5 Å². The van der Waals surface area contributed by atoms with Gasteiger partial charge in [-0.25, -0.2) is 0 Å². The van der Waals surface area contributed by atoms with Crippen LogP contribution in [0.2, 0.25) is 0 Å². The van der Waals surface area contributed by atoms with Crippen LogP contribution in [-0.4, -0.2) is 23.9 Å². The molecule has 0 heterocycles. The molecule has 0 aromatic heterocycles. The second-order valence-electron chi connectivity index (χ2n) is 5.66. The largest absolute Gasteiger partial charge is 0.341 e. The quantitative estimate of drug-likeness (QED) is 0.528. The van der Waals surface area contributed by atoms with Crippen molar-refractivity contribution in [3.63, 3.8) is 0 Å². The van der Waals surface area contributed by atoms with Gasteiger partial charge in [-0.2, -0.15) is 5.26 Å². The molecule has 0 aliphatic rings. The zero-order valence-corrected chi connectivity index (χ0v) is 13.0. The van der Waals surface area contributed by atoms with Gasteiger partial charge in [-0.05, 0) is 12.3 Å². The Hall–Kier alpha value is -1.04. The Bertz CT molecular complexity index is 268. The normalized spacial score (nSPS) is 10.5. The fourth-order valence-electron chi connectivity index (χ4n) is 2.16. The molecule has 0 aromatic rings. The van der Waals surface area contributed by atoms with Crippen molar-refractivity contribution in [3.05, 3.63) is 0 Å². The molecule has 0 saturated carbocycles. The Morgan fingerprint density at radius 1 is 1.16 bits per heavy atom. The van der Waals surface area contributed by atoms with Crippen LogP contribution < -0.4 is 0 Å². The van der Waals surface area contributed by atoms with Crippen LogP contribution in [0.4, 0.5) is 0 Å².